The molecule has 1 aromatic heterocycles. The quantitative estimate of drug-likeness (QED) is 0.158. The Morgan fingerprint density at radius 3 is 1.94 bits per heavy atom. The summed E-state index contributed by atoms with van der Waals surface area (Å²) < 4.78 is 3.55. The molecule has 0 saturated carbocycles. The zero-order valence-electron chi connectivity index (χ0n) is 18.3. The summed E-state index contributed by atoms with van der Waals surface area (Å²) in [4.78, 5) is 4.82. The molecule has 1 heterocycles. The average molecular weight is 538 g/mol. The van der Waals surface area contributed by atoms with Crippen molar-refractivity contribution in [3.05, 3.63) is 130 Å². The molecule has 0 aliphatic carbocycles. The zero-order chi connectivity index (χ0) is 22.6. The number of nitrogens with zero attached hydrogens (tertiary/aromatic N) is 2. The van der Waals surface area contributed by atoms with Gasteiger partial charge in [-0.15, -0.1) is 0 Å². The first kappa shape index (κ1) is 21.4. The van der Waals surface area contributed by atoms with E-state index in [1.54, 1.807) is 0 Å². The molecular weight excluding hydrogens is 515 g/mol. The first-order chi connectivity index (χ1) is 16.2. The van der Waals surface area contributed by atoms with E-state index in [1.807, 2.05) is 6.21 Å². The summed E-state index contributed by atoms with van der Waals surface area (Å²) in [6.07, 6.45) is 1.99. The number of hydrogen-bond acceptors (Lipinski definition) is 1. The highest BCUT2D eigenvalue weighted by Gasteiger charge is 2.18. The van der Waals surface area contributed by atoms with Crippen LogP contribution in [0.2, 0.25) is 0 Å². The second-order valence-electron chi connectivity index (χ2n) is 7.97. The lowest BCUT2D eigenvalue weighted by Gasteiger charge is -2.15. The molecule has 0 atom stereocenters. The van der Waals surface area contributed by atoms with E-state index in [1.165, 1.54) is 14.7 Å². The third-order valence-corrected chi connectivity index (χ3v) is 6.34. The lowest BCUT2D eigenvalue weighted by atomic mass is 10.1. The SMILES string of the molecule is Cc1ccc(-n2c(-c3ccccc3)cc(C=Nc3ccc(I)cc3)c2-c2ccccc2)cc1. The fourth-order valence-corrected chi connectivity index (χ4v) is 4.33. The Hall–Kier alpha value is -3.44. The molecule has 4 aromatic carbocycles. The highest BCUT2D eigenvalue weighted by Crippen LogP contribution is 2.35. The summed E-state index contributed by atoms with van der Waals surface area (Å²) in [5.41, 5.74) is 9.00. The molecule has 0 aliphatic heterocycles. The van der Waals surface area contributed by atoms with Crippen LogP contribution < -0.4 is 0 Å². The highest BCUT2D eigenvalue weighted by molar-refractivity contribution is 14.1. The Bertz CT molecular complexity index is 1380. The topological polar surface area (TPSA) is 17.3 Å². The second-order valence-corrected chi connectivity index (χ2v) is 9.22. The lowest BCUT2D eigenvalue weighted by molar-refractivity contribution is 1.09. The predicted molar refractivity (Wildman–Crippen MR) is 148 cm³/mol. The van der Waals surface area contributed by atoms with Gasteiger partial charge in [0.2, 0.25) is 0 Å². The van der Waals surface area contributed by atoms with Crippen molar-refractivity contribution in [3.8, 4) is 28.2 Å². The van der Waals surface area contributed by atoms with Crippen molar-refractivity contribution < 1.29 is 0 Å². The van der Waals surface area contributed by atoms with E-state index in [-0.39, 0.29) is 0 Å². The molecule has 0 bridgehead atoms. The number of rotatable bonds is 5. The van der Waals surface area contributed by atoms with Crippen molar-refractivity contribution in [2.75, 3.05) is 0 Å². The van der Waals surface area contributed by atoms with E-state index in [4.69, 9.17) is 4.99 Å². The summed E-state index contributed by atoms with van der Waals surface area (Å²) in [5.74, 6) is 0. The van der Waals surface area contributed by atoms with Crippen molar-refractivity contribution in [2.45, 2.75) is 6.92 Å². The summed E-state index contributed by atoms with van der Waals surface area (Å²) >= 11 is 2.32. The van der Waals surface area contributed by atoms with E-state index in [0.29, 0.717) is 0 Å². The van der Waals surface area contributed by atoms with Gasteiger partial charge in [-0.25, -0.2) is 0 Å². The van der Waals surface area contributed by atoms with Crippen molar-refractivity contribution >= 4 is 34.5 Å². The van der Waals surface area contributed by atoms with E-state index in [9.17, 15) is 0 Å². The van der Waals surface area contributed by atoms with Crippen LogP contribution in [0.4, 0.5) is 5.69 Å². The van der Waals surface area contributed by atoms with Crippen LogP contribution in [0.15, 0.2) is 120 Å². The van der Waals surface area contributed by atoms with Crippen LogP contribution in [0.5, 0.6) is 0 Å². The van der Waals surface area contributed by atoms with E-state index < -0.39 is 0 Å². The van der Waals surface area contributed by atoms with Crippen molar-refractivity contribution in [1.82, 2.24) is 4.57 Å². The molecule has 0 unspecified atom stereocenters. The Morgan fingerprint density at radius 1 is 0.697 bits per heavy atom. The van der Waals surface area contributed by atoms with Crippen LogP contribution in [-0.4, -0.2) is 10.8 Å². The van der Waals surface area contributed by atoms with Gasteiger partial charge in [-0.05, 0) is 83.1 Å². The molecule has 0 radical (unpaired) electrons. The third kappa shape index (κ3) is 4.69. The van der Waals surface area contributed by atoms with E-state index in [0.717, 1.165) is 33.9 Å². The maximum absolute atomic E-state index is 4.82. The lowest BCUT2D eigenvalue weighted by Crippen LogP contribution is -2.00. The van der Waals surface area contributed by atoms with Gasteiger partial charge in [0.1, 0.15) is 0 Å². The van der Waals surface area contributed by atoms with Crippen LogP contribution in [-0.2, 0) is 0 Å². The molecule has 0 spiro atoms. The van der Waals surface area contributed by atoms with Crippen molar-refractivity contribution in [1.29, 1.82) is 0 Å². The van der Waals surface area contributed by atoms with Gasteiger partial charge < -0.3 is 4.57 Å². The van der Waals surface area contributed by atoms with Crippen molar-refractivity contribution in [3.63, 3.8) is 0 Å². The molecule has 33 heavy (non-hydrogen) atoms. The number of aryl methyl sites for hydroxylation is 1. The normalized spacial score (nSPS) is 11.2. The van der Waals surface area contributed by atoms with Gasteiger partial charge in [0.15, 0.2) is 0 Å². The molecule has 5 aromatic rings. The minimum atomic E-state index is 0.943. The molecule has 0 saturated heterocycles. The largest absolute Gasteiger partial charge is 0.309 e. The van der Waals surface area contributed by atoms with Gasteiger partial charge in [-0.2, -0.15) is 0 Å². The first-order valence-corrected chi connectivity index (χ1v) is 12.0. The number of aliphatic imine (C=N–C) groups is 1. The Morgan fingerprint density at radius 2 is 1.30 bits per heavy atom. The number of benzene rings is 4. The van der Waals surface area contributed by atoms with Crippen LogP contribution in [0.1, 0.15) is 11.1 Å². The van der Waals surface area contributed by atoms with Crippen LogP contribution in [0.3, 0.4) is 0 Å². The molecule has 160 valence electrons. The van der Waals surface area contributed by atoms with Gasteiger partial charge >= 0.3 is 0 Å². The Kier molecular flexibility index (Phi) is 6.22. The molecule has 0 amide bonds. The van der Waals surface area contributed by atoms with Crippen molar-refractivity contribution in [2.24, 2.45) is 4.99 Å². The van der Waals surface area contributed by atoms with Crippen LogP contribution in [0.25, 0.3) is 28.2 Å². The second kappa shape index (κ2) is 9.59. The Labute approximate surface area is 208 Å². The maximum Gasteiger partial charge on any atom is 0.0630 e. The number of hydrogen-bond donors (Lipinski definition) is 0. The maximum atomic E-state index is 4.82. The minimum absolute atomic E-state index is 0.943. The monoisotopic (exact) mass is 538 g/mol. The smallest absolute Gasteiger partial charge is 0.0630 e. The predicted octanol–water partition coefficient (Wildman–Crippen LogP) is 8.47. The van der Waals surface area contributed by atoms with Gasteiger partial charge in [-0.1, -0.05) is 78.4 Å². The zero-order valence-corrected chi connectivity index (χ0v) is 20.5. The Balaban J connectivity index is 1.76. The molecule has 2 nitrogen and oxygen atoms in total. The molecular formula is C30H23IN2. The standard InChI is InChI=1S/C30H23IN2/c1-22-12-18-28(19-13-22)33-29(23-8-4-2-5-9-23)20-25(30(33)24-10-6-3-7-11-24)21-32-27-16-14-26(31)15-17-27/h2-21H,1H3. The first-order valence-electron chi connectivity index (χ1n) is 10.9. The fourth-order valence-electron chi connectivity index (χ4n) is 3.97. The average Bonchev–Trinajstić information content (AvgIpc) is 3.25. The summed E-state index contributed by atoms with van der Waals surface area (Å²) in [6.45, 7) is 2.12. The van der Waals surface area contributed by atoms with Gasteiger partial charge in [0.25, 0.3) is 0 Å². The van der Waals surface area contributed by atoms with Gasteiger partial charge in [0, 0.05) is 21.0 Å². The van der Waals surface area contributed by atoms with E-state index in [2.05, 4.69) is 149 Å². The highest BCUT2D eigenvalue weighted by atomic mass is 127. The van der Waals surface area contributed by atoms with Gasteiger partial charge in [0.05, 0.1) is 17.1 Å². The number of halogens is 1. The van der Waals surface area contributed by atoms with Crippen LogP contribution >= 0.6 is 22.6 Å². The molecule has 0 fully saturated rings. The molecule has 3 heteroatoms. The molecule has 0 N–H and O–H groups in total. The van der Waals surface area contributed by atoms with Gasteiger partial charge in [-0.3, -0.25) is 4.99 Å². The fraction of sp³-hybridized carbons (Fsp3) is 0.0333. The minimum Gasteiger partial charge on any atom is -0.309 e. The summed E-state index contributed by atoms with van der Waals surface area (Å²) in [6, 6.07) is 40.3. The third-order valence-electron chi connectivity index (χ3n) is 5.62. The number of aromatic nitrogens is 1. The van der Waals surface area contributed by atoms with E-state index >= 15 is 0 Å². The molecule has 5 rings (SSSR count). The summed E-state index contributed by atoms with van der Waals surface area (Å²) in [5, 5.41) is 0. The summed E-state index contributed by atoms with van der Waals surface area (Å²) in [7, 11) is 0. The van der Waals surface area contributed by atoms with Crippen LogP contribution in [0, 0.1) is 10.5 Å². The molecule has 0 aliphatic rings.